The summed E-state index contributed by atoms with van der Waals surface area (Å²) in [5.41, 5.74) is 3.15. The van der Waals surface area contributed by atoms with Crippen molar-refractivity contribution in [2.75, 3.05) is 6.54 Å². The van der Waals surface area contributed by atoms with Gasteiger partial charge in [-0.1, -0.05) is 6.07 Å². The Hall–Kier alpha value is -1.88. The Kier molecular flexibility index (Phi) is 3.44. The summed E-state index contributed by atoms with van der Waals surface area (Å²) in [5.74, 6) is -0.735. The normalized spacial score (nSPS) is 15.1. The lowest BCUT2D eigenvalue weighted by molar-refractivity contribution is -0.137. The number of pyridine rings is 1. The number of hydrogen-bond acceptors (Lipinski definition) is 3. The Balaban J connectivity index is 1.76. The molecule has 1 saturated carbocycles. The molecule has 2 aromatic heterocycles. The molecule has 0 aromatic carbocycles. The number of carboxylic acids is 1. The third kappa shape index (κ3) is 2.82. The third-order valence-electron chi connectivity index (χ3n) is 3.77. The molecule has 0 radical (unpaired) electrons. The van der Waals surface area contributed by atoms with E-state index in [-0.39, 0.29) is 6.42 Å². The summed E-state index contributed by atoms with van der Waals surface area (Å²) in [4.78, 5) is 17.6. The monoisotopic (exact) mass is 273 g/mol. The first-order valence-electron chi connectivity index (χ1n) is 7.02. The first-order chi connectivity index (χ1) is 9.63. The van der Waals surface area contributed by atoms with E-state index < -0.39 is 5.97 Å². The average Bonchev–Trinajstić information content (AvgIpc) is 3.15. The highest BCUT2D eigenvalue weighted by atomic mass is 16.4. The van der Waals surface area contributed by atoms with Gasteiger partial charge in [-0.2, -0.15) is 0 Å². The zero-order valence-corrected chi connectivity index (χ0v) is 11.6. The van der Waals surface area contributed by atoms with Crippen LogP contribution < -0.4 is 0 Å². The van der Waals surface area contributed by atoms with E-state index >= 15 is 0 Å². The molecule has 5 heteroatoms. The lowest BCUT2D eigenvalue weighted by Crippen LogP contribution is -2.28. The smallest absolute Gasteiger partial charge is 0.304 e. The highest BCUT2D eigenvalue weighted by Crippen LogP contribution is 2.28. The second kappa shape index (κ2) is 5.25. The van der Waals surface area contributed by atoms with E-state index in [2.05, 4.69) is 22.9 Å². The summed E-state index contributed by atoms with van der Waals surface area (Å²) in [7, 11) is 0. The van der Waals surface area contributed by atoms with Crippen LogP contribution in [0, 0.1) is 6.92 Å². The van der Waals surface area contributed by atoms with E-state index in [1.807, 2.05) is 22.9 Å². The molecule has 0 atom stereocenters. The molecule has 20 heavy (non-hydrogen) atoms. The van der Waals surface area contributed by atoms with Crippen LogP contribution >= 0.6 is 0 Å². The molecule has 0 saturated heterocycles. The predicted octanol–water partition coefficient (Wildman–Crippen LogP) is 2.08. The molecule has 2 heterocycles. The van der Waals surface area contributed by atoms with Crippen LogP contribution in [0.3, 0.4) is 0 Å². The number of carbonyl (C=O) groups is 1. The zero-order chi connectivity index (χ0) is 14.1. The van der Waals surface area contributed by atoms with E-state index in [4.69, 9.17) is 5.11 Å². The lowest BCUT2D eigenvalue weighted by atomic mass is 10.3. The van der Waals surface area contributed by atoms with Crippen LogP contribution in [0.25, 0.3) is 5.65 Å². The van der Waals surface area contributed by atoms with Crippen LogP contribution in [0.1, 0.15) is 30.5 Å². The van der Waals surface area contributed by atoms with Crippen molar-refractivity contribution in [1.82, 2.24) is 14.3 Å². The van der Waals surface area contributed by atoms with Crippen molar-refractivity contribution >= 4 is 11.6 Å². The van der Waals surface area contributed by atoms with Crippen LogP contribution in [0.2, 0.25) is 0 Å². The molecule has 2 aromatic rings. The van der Waals surface area contributed by atoms with Crippen LogP contribution in [-0.2, 0) is 11.3 Å². The molecule has 0 bridgehead atoms. The van der Waals surface area contributed by atoms with Gasteiger partial charge in [-0.05, 0) is 31.4 Å². The van der Waals surface area contributed by atoms with Gasteiger partial charge in [0.2, 0.25) is 0 Å². The Morgan fingerprint density at radius 3 is 3.00 bits per heavy atom. The lowest BCUT2D eigenvalue weighted by Gasteiger charge is -2.19. The van der Waals surface area contributed by atoms with E-state index in [0.29, 0.717) is 12.6 Å². The van der Waals surface area contributed by atoms with Gasteiger partial charge >= 0.3 is 5.97 Å². The fourth-order valence-corrected chi connectivity index (χ4v) is 2.56. The van der Waals surface area contributed by atoms with Gasteiger partial charge in [0, 0.05) is 31.5 Å². The molecule has 106 valence electrons. The van der Waals surface area contributed by atoms with Gasteiger partial charge in [0.05, 0.1) is 12.1 Å². The predicted molar refractivity (Wildman–Crippen MR) is 75.6 cm³/mol. The van der Waals surface area contributed by atoms with Crippen molar-refractivity contribution < 1.29 is 9.90 Å². The number of aryl methyl sites for hydroxylation is 1. The number of imidazole rings is 1. The number of rotatable bonds is 6. The summed E-state index contributed by atoms with van der Waals surface area (Å²) >= 11 is 0. The van der Waals surface area contributed by atoms with Crippen molar-refractivity contribution in [3.05, 3.63) is 35.8 Å². The maximum Gasteiger partial charge on any atom is 0.304 e. The SMILES string of the molecule is Cc1cccn2cc(CN(CCC(=O)O)C3CC3)nc12. The van der Waals surface area contributed by atoms with Gasteiger partial charge in [0.25, 0.3) is 0 Å². The van der Waals surface area contributed by atoms with Crippen molar-refractivity contribution in [3.8, 4) is 0 Å². The minimum Gasteiger partial charge on any atom is -0.481 e. The van der Waals surface area contributed by atoms with Crippen molar-refractivity contribution in [1.29, 1.82) is 0 Å². The molecule has 1 fully saturated rings. The molecule has 1 aliphatic rings. The zero-order valence-electron chi connectivity index (χ0n) is 11.6. The Labute approximate surface area is 117 Å². The highest BCUT2D eigenvalue weighted by molar-refractivity contribution is 5.66. The summed E-state index contributed by atoms with van der Waals surface area (Å²) in [6.45, 7) is 3.39. The van der Waals surface area contributed by atoms with Crippen molar-refractivity contribution in [2.45, 2.75) is 38.8 Å². The average molecular weight is 273 g/mol. The maximum atomic E-state index is 10.7. The number of nitrogens with zero attached hydrogens (tertiary/aromatic N) is 3. The molecule has 0 aliphatic heterocycles. The molecule has 0 spiro atoms. The minimum absolute atomic E-state index is 0.197. The molecule has 1 N–H and O–H groups in total. The molecule has 0 unspecified atom stereocenters. The molecule has 5 nitrogen and oxygen atoms in total. The standard InChI is InChI=1S/C15H19N3O2/c1-11-3-2-7-18-10-12(16-15(11)18)9-17(13-4-5-13)8-6-14(19)20/h2-3,7,10,13H,4-6,8-9H2,1H3,(H,19,20). The number of fused-ring (bicyclic) bond motifs is 1. The number of aliphatic carboxylic acids is 1. The molecular formula is C15H19N3O2. The van der Waals surface area contributed by atoms with Gasteiger partial charge in [-0.15, -0.1) is 0 Å². The van der Waals surface area contributed by atoms with E-state index in [1.165, 1.54) is 12.8 Å². The Bertz CT molecular complexity index is 631. The quantitative estimate of drug-likeness (QED) is 0.875. The molecule has 0 amide bonds. The van der Waals surface area contributed by atoms with Crippen LogP contribution in [0.4, 0.5) is 0 Å². The maximum absolute atomic E-state index is 10.7. The van der Waals surface area contributed by atoms with E-state index in [1.54, 1.807) is 0 Å². The first kappa shape index (κ1) is 13.1. The highest BCUT2D eigenvalue weighted by Gasteiger charge is 2.29. The van der Waals surface area contributed by atoms with Gasteiger partial charge in [-0.25, -0.2) is 4.98 Å². The van der Waals surface area contributed by atoms with Crippen molar-refractivity contribution in [3.63, 3.8) is 0 Å². The van der Waals surface area contributed by atoms with Crippen molar-refractivity contribution in [2.24, 2.45) is 0 Å². The van der Waals surface area contributed by atoms with Gasteiger partial charge < -0.3 is 9.51 Å². The summed E-state index contributed by atoms with van der Waals surface area (Å²) in [5, 5.41) is 8.83. The van der Waals surface area contributed by atoms with E-state index in [0.717, 1.165) is 23.4 Å². The third-order valence-corrected chi connectivity index (χ3v) is 3.77. The fraction of sp³-hybridized carbons (Fsp3) is 0.467. The van der Waals surface area contributed by atoms with Gasteiger partial charge in [-0.3, -0.25) is 9.69 Å². The van der Waals surface area contributed by atoms with Crippen LogP contribution in [-0.4, -0.2) is 37.9 Å². The topological polar surface area (TPSA) is 57.8 Å². The first-order valence-corrected chi connectivity index (χ1v) is 7.02. The van der Waals surface area contributed by atoms with Crippen LogP contribution in [0.15, 0.2) is 24.5 Å². The largest absolute Gasteiger partial charge is 0.481 e. The second-order valence-electron chi connectivity index (χ2n) is 5.50. The Morgan fingerprint density at radius 2 is 2.35 bits per heavy atom. The Morgan fingerprint density at radius 1 is 1.55 bits per heavy atom. The summed E-state index contributed by atoms with van der Waals surface area (Å²) in [6.07, 6.45) is 6.58. The van der Waals surface area contributed by atoms with Crippen LogP contribution in [0.5, 0.6) is 0 Å². The summed E-state index contributed by atoms with van der Waals surface area (Å²) in [6, 6.07) is 4.60. The van der Waals surface area contributed by atoms with Gasteiger partial charge in [0.1, 0.15) is 5.65 Å². The van der Waals surface area contributed by atoms with Gasteiger partial charge in [0.15, 0.2) is 0 Å². The molecule has 1 aliphatic carbocycles. The van der Waals surface area contributed by atoms with E-state index in [9.17, 15) is 4.79 Å². The number of carboxylic acid groups (broad SMARTS) is 1. The molecular weight excluding hydrogens is 254 g/mol. The fourth-order valence-electron chi connectivity index (χ4n) is 2.56. The number of aromatic nitrogens is 2. The summed E-state index contributed by atoms with van der Waals surface area (Å²) < 4.78 is 2.03. The number of hydrogen-bond donors (Lipinski definition) is 1. The molecule has 3 rings (SSSR count). The second-order valence-corrected chi connectivity index (χ2v) is 5.50. The minimum atomic E-state index is -0.735.